The van der Waals surface area contributed by atoms with E-state index < -0.39 is 17.8 Å². The van der Waals surface area contributed by atoms with Crippen LogP contribution in [-0.4, -0.2) is 36.0 Å². The van der Waals surface area contributed by atoms with E-state index in [1.165, 1.54) is 0 Å². The fourth-order valence-electron chi connectivity index (χ4n) is 2.75. The van der Waals surface area contributed by atoms with Crippen molar-refractivity contribution in [3.8, 4) is 0 Å². The topological polar surface area (TPSA) is 95.5 Å². The van der Waals surface area contributed by atoms with Gasteiger partial charge in [0.2, 0.25) is 11.8 Å². The minimum atomic E-state index is -0.898. The smallest absolute Gasteiger partial charge is 0.307 e. The molecule has 0 radical (unpaired) electrons. The maximum absolute atomic E-state index is 12.1. The van der Waals surface area contributed by atoms with Gasteiger partial charge >= 0.3 is 5.97 Å². The Bertz CT molecular complexity index is 370. The zero-order valence-electron chi connectivity index (χ0n) is 12.1. The standard InChI is InChI=1S/C14H24N2O4/c1-3-9-7-10(11(8-9)14(19)20)13(18)16-6-5-12(17)15-4-2/h9-11H,3-8H2,1-2H3,(H,15,17)(H,16,18)(H,19,20). The molecule has 3 N–H and O–H groups in total. The van der Waals surface area contributed by atoms with Crippen LogP contribution in [0.1, 0.15) is 39.5 Å². The van der Waals surface area contributed by atoms with Gasteiger partial charge in [0.05, 0.1) is 11.8 Å². The highest BCUT2D eigenvalue weighted by Crippen LogP contribution is 2.38. The molecule has 0 heterocycles. The van der Waals surface area contributed by atoms with Gasteiger partial charge in [0.25, 0.3) is 0 Å². The average Bonchev–Trinajstić information content (AvgIpc) is 2.83. The zero-order valence-corrected chi connectivity index (χ0v) is 12.1. The lowest BCUT2D eigenvalue weighted by atomic mass is 9.95. The minimum absolute atomic E-state index is 0.111. The molecule has 2 amide bonds. The van der Waals surface area contributed by atoms with E-state index in [-0.39, 0.29) is 24.8 Å². The Hall–Kier alpha value is -1.59. The molecular formula is C14H24N2O4. The van der Waals surface area contributed by atoms with Gasteiger partial charge in [0.15, 0.2) is 0 Å². The van der Waals surface area contributed by atoms with Crippen LogP contribution in [0.3, 0.4) is 0 Å². The van der Waals surface area contributed by atoms with E-state index >= 15 is 0 Å². The maximum Gasteiger partial charge on any atom is 0.307 e. The summed E-state index contributed by atoms with van der Waals surface area (Å²) in [6.45, 7) is 4.66. The molecule has 6 heteroatoms. The molecule has 0 aromatic rings. The van der Waals surface area contributed by atoms with E-state index in [1.807, 2.05) is 13.8 Å². The molecule has 1 aliphatic rings. The van der Waals surface area contributed by atoms with Crippen molar-refractivity contribution in [2.45, 2.75) is 39.5 Å². The second-order valence-corrected chi connectivity index (χ2v) is 5.29. The van der Waals surface area contributed by atoms with Gasteiger partial charge in [-0.25, -0.2) is 0 Å². The molecule has 1 rings (SSSR count). The lowest BCUT2D eigenvalue weighted by Crippen LogP contribution is -2.37. The number of rotatable bonds is 7. The van der Waals surface area contributed by atoms with E-state index in [2.05, 4.69) is 10.6 Å². The first kappa shape index (κ1) is 16.5. The maximum atomic E-state index is 12.1. The third-order valence-electron chi connectivity index (χ3n) is 3.92. The minimum Gasteiger partial charge on any atom is -0.481 e. The van der Waals surface area contributed by atoms with Crippen molar-refractivity contribution in [3.63, 3.8) is 0 Å². The van der Waals surface area contributed by atoms with E-state index in [1.54, 1.807) is 0 Å². The normalized spacial score (nSPS) is 25.2. The molecule has 0 spiro atoms. The Kier molecular flexibility index (Phi) is 6.48. The third kappa shape index (κ3) is 4.51. The molecule has 0 aliphatic heterocycles. The van der Waals surface area contributed by atoms with Crippen molar-refractivity contribution in [1.29, 1.82) is 0 Å². The van der Waals surface area contributed by atoms with Crippen molar-refractivity contribution in [3.05, 3.63) is 0 Å². The number of carbonyl (C=O) groups is 3. The molecule has 0 saturated heterocycles. The number of amides is 2. The summed E-state index contributed by atoms with van der Waals surface area (Å²) >= 11 is 0. The Morgan fingerprint density at radius 1 is 1.10 bits per heavy atom. The summed E-state index contributed by atoms with van der Waals surface area (Å²) in [5, 5.41) is 14.5. The van der Waals surface area contributed by atoms with Crippen LogP contribution in [0, 0.1) is 17.8 Å². The summed E-state index contributed by atoms with van der Waals surface area (Å²) in [6.07, 6.45) is 2.31. The first-order valence-electron chi connectivity index (χ1n) is 7.26. The Balaban J connectivity index is 2.45. The molecular weight excluding hydrogens is 260 g/mol. The number of aliphatic carboxylic acids is 1. The monoisotopic (exact) mass is 284 g/mol. The fraction of sp³-hybridized carbons (Fsp3) is 0.786. The highest BCUT2D eigenvalue weighted by molar-refractivity contribution is 5.85. The van der Waals surface area contributed by atoms with Gasteiger partial charge in [-0.2, -0.15) is 0 Å². The first-order valence-corrected chi connectivity index (χ1v) is 7.26. The van der Waals surface area contributed by atoms with Crippen LogP contribution in [0.4, 0.5) is 0 Å². The highest BCUT2D eigenvalue weighted by Gasteiger charge is 2.41. The van der Waals surface area contributed by atoms with Crippen molar-refractivity contribution in [2.75, 3.05) is 13.1 Å². The molecule has 1 fully saturated rings. The van der Waals surface area contributed by atoms with Gasteiger partial charge in [-0.15, -0.1) is 0 Å². The number of carbonyl (C=O) groups excluding carboxylic acids is 2. The van der Waals surface area contributed by atoms with E-state index in [0.717, 1.165) is 6.42 Å². The fourth-order valence-corrected chi connectivity index (χ4v) is 2.75. The number of hydrogen-bond acceptors (Lipinski definition) is 3. The second kappa shape index (κ2) is 7.87. The molecule has 3 atom stereocenters. The number of carboxylic acids is 1. The molecule has 3 unspecified atom stereocenters. The van der Waals surface area contributed by atoms with Gasteiger partial charge in [0, 0.05) is 19.5 Å². The molecule has 1 saturated carbocycles. The van der Waals surface area contributed by atoms with Gasteiger partial charge in [-0.05, 0) is 25.7 Å². The second-order valence-electron chi connectivity index (χ2n) is 5.29. The van der Waals surface area contributed by atoms with Gasteiger partial charge in [-0.1, -0.05) is 13.3 Å². The molecule has 6 nitrogen and oxygen atoms in total. The predicted molar refractivity (Wildman–Crippen MR) is 73.9 cm³/mol. The SMILES string of the molecule is CCNC(=O)CCNC(=O)C1CC(CC)CC1C(=O)O. The molecule has 1 aliphatic carbocycles. The number of nitrogens with one attached hydrogen (secondary N) is 2. The molecule has 0 aromatic carbocycles. The quantitative estimate of drug-likeness (QED) is 0.643. The van der Waals surface area contributed by atoms with Crippen LogP contribution < -0.4 is 10.6 Å². The summed E-state index contributed by atoms with van der Waals surface area (Å²) < 4.78 is 0. The lowest BCUT2D eigenvalue weighted by molar-refractivity contribution is -0.146. The van der Waals surface area contributed by atoms with Gasteiger partial charge in [0.1, 0.15) is 0 Å². The highest BCUT2D eigenvalue weighted by atomic mass is 16.4. The average molecular weight is 284 g/mol. The summed E-state index contributed by atoms with van der Waals surface area (Å²) in [5.41, 5.74) is 0. The van der Waals surface area contributed by atoms with Gasteiger partial charge < -0.3 is 15.7 Å². The van der Waals surface area contributed by atoms with Gasteiger partial charge in [-0.3, -0.25) is 14.4 Å². The van der Waals surface area contributed by atoms with Crippen molar-refractivity contribution >= 4 is 17.8 Å². The Morgan fingerprint density at radius 3 is 2.30 bits per heavy atom. The molecule has 0 bridgehead atoms. The summed E-state index contributed by atoms with van der Waals surface area (Å²) in [6, 6.07) is 0. The summed E-state index contributed by atoms with van der Waals surface area (Å²) in [4.78, 5) is 34.5. The lowest BCUT2D eigenvalue weighted by Gasteiger charge is -2.15. The Morgan fingerprint density at radius 2 is 1.75 bits per heavy atom. The predicted octanol–water partition coefficient (Wildman–Crippen LogP) is 0.766. The van der Waals surface area contributed by atoms with Crippen molar-refractivity contribution in [1.82, 2.24) is 10.6 Å². The number of hydrogen-bond donors (Lipinski definition) is 3. The van der Waals surface area contributed by atoms with Crippen LogP contribution in [0.15, 0.2) is 0 Å². The van der Waals surface area contributed by atoms with E-state index in [0.29, 0.717) is 25.3 Å². The van der Waals surface area contributed by atoms with Crippen LogP contribution >= 0.6 is 0 Å². The molecule has 20 heavy (non-hydrogen) atoms. The zero-order chi connectivity index (χ0) is 15.1. The largest absolute Gasteiger partial charge is 0.481 e. The third-order valence-corrected chi connectivity index (χ3v) is 3.92. The first-order chi connectivity index (χ1) is 9.49. The van der Waals surface area contributed by atoms with Crippen LogP contribution in [0.5, 0.6) is 0 Å². The molecule has 0 aromatic heterocycles. The Labute approximate surface area is 119 Å². The molecule has 114 valence electrons. The summed E-state index contributed by atoms with van der Waals surface area (Å²) in [7, 11) is 0. The van der Waals surface area contributed by atoms with Crippen molar-refractivity contribution < 1.29 is 19.5 Å². The van der Waals surface area contributed by atoms with E-state index in [9.17, 15) is 19.5 Å². The van der Waals surface area contributed by atoms with Crippen LogP contribution in [0.2, 0.25) is 0 Å². The number of carboxylic acid groups (broad SMARTS) is 1. The van der Waals surface area contributed by atoms with E-state index in [4.69, 9.17) is 0 Å². The van der Waals surface area contributed by atoms with Crippen LogP contribution in [-0.2, 0) is 14.4 Å². The van der Waals surface area contributed by atoms with Crippen molar-refractivity contribution in [2.24, 2.45) is 17.8 Å². The van der Waals surface area contributed by atoms with Crippen LogP contribution in [0.25, 0.3) is 0 Å². The summed E-state index contributed by atoms with van der Waals surface area (Å²) in [5.74, 6) is -2.01.